The number of nitrogens with one attached hydrogen (secondary N) is 1. The van der Waals surface area contributed by atoms with Gasteiger partial charge in [-0.15, -0.1) is 24.0 Å². The molecule has 0 spiro atoms. The molecule has 0 aliphatic carbocycles. The van der Waals surface area contributed by atoms with E-state index >= 15 is 0 Å². The molecule has 4 rings (SSSR count). The number of anilines is 2. The van der Waals surface area contributed by atoms with E-state index in [1.165, 1.54) is 16.9 Å². The lowest BCUT2D eigenvalue weighted by atomic mass is 10.2. The number of benzene rings is 2. The van der Waals surface area contributed by atoms with Crippen LogP contribution in [0.15, 0.2) is 71.7 Å². The standard InChI is InChI=1S/C23H29N5.HI/c1-24-23(28-17-15-27(16-18-28)21-7-3-2-4-8-21)25-19-20-9-11-22(12-10-20)26-13-5-6-14-26;/h2-12H,13-19H2,1H3,(H,24,25);1H. The Morgan fingerprint density at radius 3 is 2.07 bits per heavy atom. The average molecular weight is 503 g/mol. The second-order valence-corrected chi connectivity index (χ2v) is 7.25. The van der Waals surface area contributed by atoms with Crippen molar-refractivity contribution in [3.05, 3.63) is 72.3 Å². The highest BCUT2D eigenvalue weighted by molar-refractivity contribution is 14.0. The molecule has 2 aliphatic heterocycles. The van der Waals surface area contributed by atoms with Crippen LogP contribution in [-0.4, -0.2) is 57.2 Å². The van der Waals surface area contributed by atoms with Gasteiger partial charge in [0, 0.05) is 64.2 Å². The third-order valence-electron chi connectivity index (χ3n) is 5.48. The number of hydrogen-bond donors (Lipinski definition) is 1. The first-order valence-electron chi connectivity index (χ1n) is 10.1. The molecular formula is C23H30IN5. The fourth-order valence-electron chi connectivity index (χ4n) is 3.84. The Hall–Kier alpha value is -2.22. The summed E-state index contributed by atoms with van der Waals surface area (Å²) in [5, 5.41) is 3.53. The average Bonchev–Trinajstić information content (AvgIpc) is 3.31. The molecule has 2 heterocycles. The Bertz CT molecular complexity index is 803. The van der Waals surface area contributed by atoms with E-state index in [1.807, 2.05) is 7.05 Å². The molecule has 0 unspecified atom stereocenters. The second kappa shape index (κ2) is 10.5. The topological polar surface area (TPSA) is 34.1 Å². The normalized spacial score (nSPS) is 16.7. The maximum Gasteiger partial charge on any atom is 0.194 e. The molecule has 0 amide bonds. The van der Waals surface area contributed by atoms with E-state index in [0.29, 0.717) is 0 Å². The number of para-hydroxylation sites is 1. The van der Waals surface area contributed by atoms with Crippen molar-refractivity contribution in [1.82, 2.24) is 10.2 Å². The largest absolute Gasteiger partial charge is 0.368 e. The van der Waals surface area contributed by atoms with Crippen molar-refractivity contribution in [2.45, 2.75) is 6.54 Å². The lowest BCUT2D eigenvalue weighted by molar-refractivity contribution is 0.372. The summed E-state index contributed by atoms with van der Waals surface area (Å²) in [6, 6.07) is 19.5. The molecule has 0 atom stereocenters. The highest BCUT2D eigenvalue weighted by Gasteiger charge is 2.19. The van der Waals surface area contributed by atoms with Crippen LogP contribution in [0.2, 0.25) is 0 Å². The Kier molecular flexibility index (Phi) is 7.80. The zero-order valence-electron chi connectivity index (χ0n) is 17.0. The SMILES string of the molecule is CN=C(NCc1ccc(N2CC=CC2)cc1)N1CCN(c2ccccc2)CC1.I. The first-order chi connectivity index (χ1) is 13.8. The van der Waals surface area contributed by atoms with Crippen molar-refractivity contribution < 1.29 is 0 Å². The van der Waals surface area contributed by atoms with E-state index in [4.69, 9.17) is 0 Å². The van der Waals surface area contributed by atoms with Crippen molar-refractivity contribution in [2.24, 2.45) is 4.99 Å². The Labute approximate surface area is 191 Å². The van der Waals surface area contributed by atoms with Gasteiger partial charge >= 0.3 is 0 Å². The smallest absolute Gasteiger partial charge is 0.194 e. The van der Waals surface area contributed by atoms with Gasteiger partial charge in [-0.25, -0.2) is 0 Å². The molecular weight excluding hydrogens is 473 g/mol. The number of aliphatic imine (C=N–C) groups is 1. The van der Waals surface area contributed by atoms with Gasteiger partial charge in [0.15, 0.2) is 5.96 Å². The van der Waals surface area contributed by atoms with Crippen LogP contribution >= 0.6 is 24.0 Å². The lowest BCUT2D eigenvalue weighted by Crippen LogP contribution is -2.52. The minimum absolute atomic E-state index is 0. The summed E-state index contributed by atoms with van der Waals surface area (Å²) in [6.07, 6.45) is 4.44. The maximum atomic E-state index is 4.50. The first-order valence-corrected chi connectivity index (χ1v) is 10.1. The molecule has 0 bridgehead atoms. The summed E-state index contributed by atoms with van der Waals surface area (Å²) in [7, 11) is 1.87. The number of rotatable bonds is 4. The molecule has 6 heteroatoms. The van der Waals surface area contributed by atoms with Crippen molar-refractivity contribution in [3.63, 3.8) is 0 Å². The zero-order chi connectivity index (χ0) is 19.2. The minimum Gasteiger partial charge on any atom is -0.368 e. The summed E-state index contributed by atoms with van der Waals surface area (Å²) < 4.78 is 0. The van der Waals surface area contributed by atoms with Crippen molar-refractivity contribution in [2.75, 3.05) is 56.1 Å². The van der Waals surface area contributed by atoms with E-state index in [9.17, 15) is 0 Å². The van der Waals surface area contributed by atoms with Crippen molar-refractivity contribution in [3.8, 4) is 0 Å². The van der Waals surface area contributed by atoms with E-state index in [0.717, 1.165) is 51.8 Å². The van der Waals surface area contributed by atoms with Gasteiger partial charge in [0.05, 0.1) is 0 Å². The van der Waals surface area contributed by atoms with Gasteiger partial charge in [0.1, 0.15) is 0 Å². The lowest BCUT2D eigenvalue weighted by Gasteiger charge is -2.37. The van der Waals surface area contributed by atoms with Crippen LogP contribution in [-0.2, 0) is 6.54 Å². The Morgan fingerprint density at radius 2 is 1.45 bits per heavy atom. The number of guanidine groups is 1. The van der Waals surface area contributed by atoms with Crippen LogP contribution in [0.1, 0.15) is 5.56 Å². The summed E-state index contributed by atoms with van der Waals surface area (Å²) in [5.74, 6) is 0.987. The van der Waals surface area contributed by atoms with Gasteiger partial charge in [0.2, 0.25) is 0 Å². The van der Waals surface area contributed by atoms with Crippen LogP contribution in [0, 0.1) is 0 Å². The van der Waals surface area contributed by atoms with Gasteiger partial charge < -0.3 is 20.0 Å². The van der Waals surface area contributed by atoms with Crippen LogP contribution < -0.4 is 15.1 Å². The highest BCUT2D eigenvalue weighted by Crippen LogP contribution is 2.18. The quantitative estimate of drug-likeness (QED) is 0.300. The second-order valence-electron chi connectivity index (χ2n) is 7.25. The van der Waals surface area contributed by atoms with Gasteiger partial charge in [-0.3, -0.25) is 4.99 Å². The molecule has 1 fully saturated rings. The Morgan fingerprint density at radius 1 is 0.828 bits per heavy atom. The number of halogens is 1. The number of piperazine rings is 1. The van der Waals surface area contributed by atoms with Gasteiger partial charge in [-0.2, -0.15) is 0 Å². The minimum atomic E-state index is 0. The highest BCUT2D eigenvalue weighted by atomic mass is 127. The Balaban J connectivity index is 0.00000240. The van der Waals surface area contributed by atoms with E-state index < -0.39 is 0 Å². The molecule has 0 saturated carbocycles. The predicted molar refractivity (Wildman–Crippen MR) is 134 cm³/mol. The molecule has 29 heavy (non-hydrogen) atoms. The first kappa shape index (κ1) is 21.5. The maximum absolute atomic E-state index is 4.50. The third-order valence-corrected chi connectivity index (χ3v) is 5.48. The summed E-state index contributed by atoms with van der Waals surface area (Å²) in [4.78, 5) is 11.7. The van der Waals surface area contributed by atoms with Gasteiger partial charge in [0.25, 0.3) is 0 Å². The number of nitrogens with zero attached hydrogens (tertiary/aromatic N) is 4. The van der Waals surface area contributed by atoms with Crippen molar-refractivity contribution in [1.29, 1.82) is 0 Å². The molecule has 2 aliphatic rings. The molecule has 0 aromatic heterocycles. The molecule has 2 aromatic carbocycles. The van der Waals surface area contributed by atoms with E-state index in [1.54, 1.807) is 0 Å². The van der Waals surface area contributed by atoms with E-state index in [-0.39, 0.29) is 24.0 Å². The molecule has 154 valence electrons. The molecule has 1 N–H and O–H groups in total. The fourth-order valence-corrected chi connectivity index (χ4v) is 3.84. The summed E-state index contributed by atoms with van der Waals surface area (Å²) in [6.45, 7) is 6.82. The summed E-state index contributed by atoms with van der Waals surface area (Å²) in [5.41, 5.74) is 3.87. The van der Waals surface area contributed by atoms with Gasteiger partial charge in [-0.1, -0.05) is 42.5 Å². The molecule has 5 nitrogen and oxygen atoms in total. The van der Waals surface area contributed by atoms with Crippen LogP contribution in [0.5, 0.6) is 0 Å². The van der Waals surface area contributed by atoms with Crippen LogP contribution in [0.25, 0.3) is 0 Å². The number of hydrogen-bond acceptors (Lipinski definition) is 3. The van der Waals surface area contributed by atoms with E-state index in [2.05, 4.69) is 91.8 Å². The summed E-state index contributed by atoms with van der Waals surface area (Å²) >= 11 is 0. The fraction of sp³-hybridized carbons (Fsp3) is 0.348. The van der Waals surface area contributed by atoms with Gasteiger partial charge in [-0.05, 0) is 29.8 Å². The third kappa shape index (κ3) is 5.44. The van der Waals surface area contributed by atoms with Crippen LogP contribution in [0.3, 0.4) is 0 Å². The van der Waals surface area contributed by atoms with Crippen molar-refractivity contribution >= 4 is 41.3 Å². The molecule has 1 saturated heterocycles. The van der Waals surface area contributed by atoms with Crippen LogP contribution in [0.4, 0.5) is 11.4 Å². The molecule has 2 aromatic rings. The monoisotopic (exact) mass is 503 g/mol. The molecule has 0 radical (unpaired) electrons. The predicted octanol–water partition coefficient (Wildman–Crippen LogP) is 3.58. The zero-order valence-corrected chi connectivity index (χ0v) is 19.3.